The van der Waals surface area contributed by atoms with Crippen LogP contribution in [0, 0.1) is 0 Å². The largest absolute Gasteiger partial charge is 0.497 e. The second kappa shape index (κ2) is 10.0. The lowest BCUT2D eigenvalue weighted by Gasteiger charge is -2.33. The van der Waals surface area contributed by atoms with Crippen molar-refractivity contribution in [2.45, 2.75) is 38.1 Å². The van der Waals surface area contributed by atoms with Crippen molar-refractivity contribution in [3.05, 3.63) is 54.0 Å². The number of benzene rings is 1. The molecule has 4 rings (SSSR count). The van der Waals surface area contributed by atoms with E-state index in [1.165, 1.54) is 4.90 Å². The first-order valence-electron chi connectivity index (χ1n) is 11.4. The molecule has 0 unspecified atom stereocenters. The number of imidazole rings is 1. The van der Waals surface area contributed by atoms with Gasteiger partial charge in [-0.2, -0.15) is 0 Å². The molecule has 0 N–H and O–H groups in total. The van der Waals surface area contributed by atoms with Crippen LogP contribution in [-0.2, 0) is 16.0 Å². The highest BCUT2D eigenvalue weighted by Crippen LogP contribution is 2.29. The van der Waals surface area contributed by atoms with Crippen LogP contribution in [0.5, 0.6) is 5.75 Å². The average Bonchev–Trinajstić information content (AvgIpc) is 3.20. The van der Waals surface area contributed by atoms with Gasteiger partial charge in [0, 0.05) is 58.7 Å². The zero-order chi connectivity index (χ0) is 23.4. The molecular formula is C25H31N5O3. The van der Waals surface area contributed by atoms with E-state index >= 15 is 0 Å². The Labute approximate surface area is 194 Å². The summed E-state index contributed by atoms with van der Waals surface area (Å²) < 4.78 is 7.64. The molecule has 0 atom stereocenters. The number of ether oxygens (including phenoxy) is 1. The molecule has 1 saturated heterocycles. The van der Waals surface area contributed by atoms with E-state index in [0.29, 0.717) is 19.5 Å². The molecule has 1 aliphatic heterocycles. The first-order chi connectivity index (χ1) is 16.0. The Morgan fingerprint density at radius 1 is 1.12 bits per heavy atom. The average molecular weight is 450 g/mol. The van der Waals surface area contributed by atoms with E-state index in [2.05, 4.69) is 15.6 Å². The predicted octanol–water partition coefficient (Wildman–Crippen LogP) is 3.06. The number of amides is 2. The minimum atomic E-state index is -0.0172. The molecule has 0 radical (unpaired) electrons. The zero-order valence-electron chi connectivity index (χ0n) is 19.5. The standard InChI is InChI=1S/C25H31N5O3/c1-28(2)23(31)9-10-24(32)29-14-11-19(12-15-29)30-22(27-21-8-5-13-26-25(21)30)17-18-6-4-7-20(16-18)33-3/h4-8,13,16,19H,9-12,14-15,17H2,1-3H3. The molecule has 1 fully saturated rings. The maximum absolute atomic E-state index is 12.6. The van der Waals surface area contributed by atoms with Gasteiger partial charge in [-0.25, -0.2) is 9.97 Å². The molecule has 174 valence electrons. The quantitative estimate of drug-likeness (QED) is 0.554. The van der Waals surface area contributed by atoms with Crippen molar-refractivity contribution in [1.82, 2.24) is 24.3 Å². The van der Waals surface area contributed by atoms with Gasteiger partial charge in [-0.15, -0.1) is 0 Å². The van der Waals surface area contributed by atoms with Gasteiger partial charge in [-0.1, -0.05) is 12.1 Å². The van der Waals surface area contributed by atoms with Crippen LogP contribution in [0.2, 0.25) is 0 Å². The summed E-state index contributed by atoms with van der Waals surface area (Å²) in [5.74, 6) is 1.83. The Morgan fingerprint density at radius 3 is 2.64 bits per heavy atom. The number of hydrogen-bond donors (Lipinski definition) is 0. The predicted molar refractivity (Wildman–Crippen MR) is 126 cm³/mol. The van der Waals surface area contributed by atoms with Crippen molar-refractivity contribution in [2.75, 3.05) is 34.3 Å². The minimum absolute atomic E-state index is 0.0172. The lowest BCUT2D eigenvalue weighted by atomic mass is 10.0. The van der Waals surface area contributed by atoms with Crippen molar-refractivity contribution in [3.63, 3.8) is 0 Å². The van der Waals surface area contributed by atoms with Crippen molar-refractivity contribution in [1.29, 1.82) is 0 Å². The second-order valence-corrected chi connectivity index (χ2v) is 8.67. The molecule has 2 amide bonds. The normalized spacial score (nSPS) is 14.5. The van der Waals surface area contributed by atoms with Crippen LogP contribution in [0.4, 0.5) is 0 Å². The molecule has 8 heteroatoms. The summed E-state index contributed by atoms with van der Waals surface area (Å²) in [6.07, 6.45) is 4.67. The summed E-state index contributed by atoms with van der Waals surface area (Å²) in [7, 11) is 5.10. The summed E-state index contributed by atoms with van der Waals surface area (Å²) >= 11 is 0. The van der Waals surface area contributed by atoms with E-state index in [-0.39, 0.29) is 30.7 Å². The van der Waals surface area contributed by atoms with Gasteiger partial charge >= 0.3 is 0 Å². The van der Waals surface area contributed by atoms with Crippen LogP contribution in [0.25, 0.3) is 11.2 Å². The molecule has 3 heterocycles. The minimum Gasteiger partial charge on any atom is -0.497 e. The number of pyridine rings is 1. The number of hydrogen-bond acceptors (Lipinski definition) is 5. The van der Waals surface area contributed by atoms with E-state index in [0.717, 1.165) is 41.1 Å². The van der Waals surface area contributed by atoms with E-state index in [1.807, 2.05) is 35.2 Å². The van der Waals surface area contributed by atoms with Gasteiger partial charge in [0.2, 0.25) is 11.8 Å². The van der Waals surface area contributed by atoms with Crippen LogP contribution in [0.1, 0.15) is 43.1 Å². The molecule has 2 aromatic heterocycles. The Hall–Kier alpha value is -3.42. The van der Waals surface area contributed by atoms with Crippen molar-refractivity contribution >= 4 is 23.0 Å². The van der Waals surface area contributed by atoms with Crippen LogP contribution < -0.4 is 4.74 Å². The molecule has 0 aliphatic carbocycles. The number of methoxy groups -OCH3 is 1. The number of carbonyl (C=O) groups excluding carboxylic acids is 2. The maximum atomic E-state index is 12.6. The summed E-state index contributed by atoms with van der Waals surface area (Å²) in [6.45, 7) is 1.34. The summed E-state index contributed by atoms with van der Waals surface area (Å²) in [5.41, 5.74) is 2.90. The smallest absolute Gasteiger partial charge is 0.223 e. The Balaban J connectivity index is 1.50. The zero-order valence-corrected chi connectivity index (χ0v) is 19.5. The molecule has 0 spiro atoms. The van der Waals surface area contributed by atoms with Gasteiger partial charge in [0.25, 0.3) is 0 Å². The lowest BCUT2D eigenvalue weighted by molar-refractivity contribution is -0.136. The molecule has 0 bridgehead atoms. The topological polar surface area (TPSA) is 80.6 Å². The van der Waals surface area contributed by atoms with Gasteiger partial charge in [-0.05, 0) is 42.7 Å². The molecule has 0 saturated carbocycles. The second-order valence-electron chi connectivity index (χ2n) is 8.67. The number of carbonyl (C=O) groups is 2. The Morgan fingerprint density at radius 2 is 1.91 bits per heavy atom. The molecule has 1 aromatic carbocycles. The first kappa shape index (κ1) is 22.8. The number of fused-ring (bicyclic) bond motifs is 1. The highest BCUT2D eigenvalue weighted by molar-refractivity contribution is 5.83. The Kier molecular flexibility index (Phi) is 6.91. The number of likely N-dealkylation sites (tertiary alicyclic amines) is 1. The fourth-order valence-electron chi connectivity index (χ4n) is 4.42. The van der Waals surface area contributed by atoms with Crippen LogP contribution >= 0.6 is 0 Å². The third kappa shape index (κ3) is 5.16. The van der Waals surface area contributed by atoms with Gasteiger partial charge < -0.3 is 19.1 Å². The summed E-state index contributed by atoms with van der Waals surface area (Å²) in [5, 5.41) is 0. The van der Waals surface area contributed by atoms with Crippen LogP contribution in [0.15, 0.2) is 42.6 Å². The van der Waals surface area contributed by atoms with Crippen molar-refractivity contribution < 1.29 is 14.3 Å². The van der Waals surface area contributed by atoms with E-state index in [9.17, 15) is 9.59 Å². The van der Waals surface area contributed by atoms with E-state index in [4.69, 9.17) is 9.72 Å². The van der Waals surface area contributed by atoms with Gasteiger partial charge in [0.15, 0.2) is 5.65 Å². The van der Waals surface area contributed by atoms with Crippen molar-refractivity contribution in [3.8, 4) is 5.75 Å². The highest BCUT2D eigenvalue weighted by atomic mass is 16.5. The molecule has 1 aliphatic rings. The van der Waals surface area contributed by atoms with Crippen LogP contribution in [-0.4, -0.2) is 70.4 Å². The third-order valence-corrected chi connectivity index (χ3v) is 6.25. The monoisotopic (exact) mass is 449 g/mol. The van der Waals surface area contributed by atoms with Gasteiger partial charge in [-0.3, -0.25) is 9.59 Å². The van der Waals surface area contributed by atoms with E-state index < -0.39 is 0 Å². The SMILES string of the molecule is COc1cccc(Cc2nc3cccnc3n2C2CCN(C(=O)CCC(=O)N(C)C)CC2)c1. The number of aromatic nitrogens is 3. The lowest BCUT2D eigenvalue weighted by Crippen LogP contribution is -2.39. The fraction of sp³-hybridized carbons (Fsp3) is 0.440. The maximum Gasteiger partial charge on any atom is 0.223 e. The highest BCUT2D eigenvalue weighted by Gasteiger charge is 2.27. The molecule has 33 heavy (non-hydrogen) atoms. The van der Waals surface area contributed by atoms with Gasteiger partial charge in [0.05, 0.1) is 7.11 Å². The summed E-state index contributed by atoms with van der Waals surface area (Å²) in [6, 6.07) is 12.2. The number of piperidine rings is 1. The molecule has 8 nitrogen and oxygen atoms in total. The fourth-order valence-corrected chi connectivity index (χ4v) is 4.42. The third-order valence-electron chi connectivity index (χ3n) is 6.25. The van der Waals surface area contributed by atoms with Crippen molar-refractivity contribution in [2.24, 2.45) is 0 Å². The summed E-state index contributed by atoms with van der Waals surface area (Å²) in [4.78, 5) is 37.4. The van der Waals surface area contributed by atoms with Crippen LogP contribution in [0.3, 0.4) is 0 Å². The van der Waals surface area contributed by atoms with Gasteiger partial charge in [0.1, 0.15) is 17.1 Å². The molecular weight excluding hydrogens is 418 g/mol. The van der Waals surface area contributed by atoms with E-state index in [1.54, 1.807) is 27.4 Å². The first-order valence-corrected chi connectivity index (χ1v) is 11.4. The number of nitrogens with zero attached hydrogens (tertiary/aromatic N) is 5. The molecule has 3 aromatic rings. The Bertz CT molecular complexity index is 1130. The number of rotatable bonds is 7.